The maximum atomic E-state index is 13.0. The van der Waals surface area contributed by atoms with Gasteiger partial charge in [-0.15, -0.1) is 10.2 Å². The Kier molecular flexibility index (Phi) is 3.48. The standard InChI is InChI=1S/C20H19N5O/c26-20(15-6-7-17-14(12-15)8-9-21-17)24-10-3-4-16(13-24)19-23-22-18-5-1-2-11-25(18)19/h1-2,5-9,11-12,16,21H,3-4,10,13H2. The van der Waals surface area contributed by atoms with Gasteiger partial charge < -0.3 is 9.88 Å². The fourth-order valence-electron chi connectivity index (χ4n) is 3.88. The molecule has 0 aliphatic carbocycles. The van der Waals surface area contributed by atoms with Gasteiger partial charge in [-0.2, -0.15) is 0 Å². The predicted octanol–water partition coefficient (Wildman–Crippen LogP) is 3.23. The molecule has 1 N–H and O–H groups in total. The zero-order valence-corrected chi connectivity index (χ0v) is 14.3. The molecule has 1 amide bonds. The molecule has 6 heteroatoms. The van der Waals surface area contributed by atoms with Crippen LogP contribution >= 0.6 is 0 Å². The first-order valence-electron chi connectivity index (χ1n) is 8.96. The Morgan fingerprint density at radius 2 is 2.12 bits per heavy atom. The summed E-state index contributed by atoms with van der Waals surface area (Å²) in [4.78, 5) is 18.1. The van der Waals surface area contributed by atoms with Crippen molar-refractivity contribution < 1.29 is 4.79 Å². The van der Waals surface area contributed by atoms with Crippen LogP contribution in [-0.4, -0.2) is 43.5 Å². The largest absolute Gasteiger partial charge is 0.361 e. The summed E-state index contributed by atoms with van der Waals surface area (Å²) >= 11 is 0. The molecule has 4 aromatic rings. The zero-order valence-electron chi connectivity index (χ0n) is 14.3. The third-order valence-electron chi connectivity index (χ3n) is 5.21. The number of fused-ring (bicyclic) bond motifs is 2. The fraction of sp³-hybridized carbons (Fsp3) is 0.250. The topological polar surface area (TPSA) is 66.3 Å². The minimum atomic E-state index is 0.0895. The number of aromatic nitrogens is 4. The fourth-order valence-corrected chi connectivity index (χ4v) is 3.88. The number of nitrogens with one attached hydrogen (secondary N) is 1. The van der Waals surface area contributed by atoms with Gasteiger partial charge in [-0.1, -0.05) is 6.07 Å². The van der Waals surface area contributed by atoms with Crippen LogP contribution in [0.15, 0.2) is 54.9 Å². The van der Waals surface area contributed by atoms with E-state index in [1.807, 2.05) is 64.2 Å². The summed E-state index contributed by atoms with van der Waals surface area (Å²) in [5, 5.41) is 9.71. The monoisotopic (exact) mass is 345 g/mol. The van der Waals surface area contributed by atoms with Crippen LogP contribution in [0.25, 0.3) is 16.6 Å². The Balaban J connectivity index is 1.42. The van der Waals surface area contributed by atoms with Crippen molar-refractivity contribution in [3.63, 3.8) is 0 Å². The highest BCUT2D eigenvalue weighted by molar-refractivity contribution is 5.98. The van der Waals surface area contributed by atoms with Crippen molar-refractivity contribution in [3.05, 3.63) is 66.2 Å². The van der Waals surface area contributed by atoms with Crippen molar-refractivity contribution in [1.82, 2.24) is 24.5 Å². The molecule has 6 nitrogen and oxygen atoms in total. The van der Waals surface area contributed by atoms with Crippen LogP contribution in [0.1, 0.15) is 34.9 Å². The molecule has 1 aromatic carbocycles. The van der Waals surface area contributed by atoms with Gasteiger partial charge in [0, 0.05) is 47.9 Å². The summed E-state index contributed by atoms with van der Waals surface area (Å²) in [5.74, 6) is 1.24. The maximum absolute atomic E-state index is 13.0. The van der Waals surface area contributed by atoms with Crippen LogP contribution in [0.4, 0.5) is 0 Å². The van der Waals surface area contributed by atoms with E-state index < -0.39 is 0 Å². The molecule has 0 bridgehead atoms. The third kappa shape index (κ3) is 2.45. The van der Waals surface area contributed by atoms with Gasteiger partial charge in [0.05, 0.1) is 0 Å². The van der Waals surface area contributed by atoms with Crippen molar-refractivity contribution in [2.75, 3.05) is 13.1 Å². The Morgan fingerprint density at radius 1 is 1.15 bits per heavy atom. The number of nitrogens with zero attached hydrogens (tertiary/aromatic N) is 4. The molecule has 0 saturated carbocycles. The first-order valence-corrected chi connectivity index (χ1v) is 8.96. The second-order valence-corrected chi connectivity index (χ2v) is 6.86. The first kappa shape index (κ1) is 15.1. The third-order valence-corrected chi connectivity index (χ3v) is 5.21. The van der Waals surface area contributed by atoms with Crippen LogP contribution in [0.3, 0.4) is 0 Å². The highest BCUT2D eigenvalue weighted by Gasteiger charge is 2.28. The second-order valence-electron chi connectivity index (χ2n) is 6.86. The lowest BCUT2D eigenvalue weighted by atomic mass is 9.96. The van der Waals surface area contributed by atoms with E-state index in [0.29, 0.717) is 6.54 Å². The highest BCUT2D eigenvalue weighted by atomic mass is 16.2. The van der Waals surface area contributed by atoms with Crippen molar-refractivity contribution in [2.45, 2.75) is 18.8 Å². The molecule has 130 valence electrons. The van der Waals surface area contributed by atoms with E-state index in [0.717, 1.165) is 47.3 Å². The first-order chi connectivity index (χ1) is 12.8. The summed E-state index contributed by atoms with van der Waals surface area (Å²) in [6.07, 6.45) is 5.89. The van der Waals surface area contributed by atoms with E-state index in [9.17, 15) is 4.79 Å². The second kappa shape index (κ2) is 5.98. The lowest BCUT2D eigenvalue weighted by molar-refractivity contribution is 0.0704. The Bertz CT molecular complexity index is 1100. The molecule has 1 saturated heterocycles. The molecule has 1 aliphatic rings. The lowest BCUT2D eigenvalue weighted by Crippen LogP contribution is -2.39. The molecule has 5 rings (SSSR count). The molecule has 1 aliphatic heterocycles. The molecular formula is C20H19N5O. The summed E-state index contributed by atoms with van der Waals surface area (Å²) < 4.78 is 2.03. The van der Waals surface area contributed by atoms with E-state index in [-0.39, 0.29) is 11.8 Å². The Morgan fingerprint density at radius 3 is 3.08 bits per heavy atom. The molecule has 0 spiro atoms. The van der Waals surface area contributed by atoms with Gasteiger partial charge in [-0.3, -0.25) is 9.20 Å². The summed E-state index contributed by atoms with van der Waals surface area (Å²) in [6.45, 7) is 1.47. The molecule has 0 radical (unpaired) electrons. The van der Waals surface area contributed by atoms with Gasteiger partial charge >= 0.3 is 0 Å². The Hall–Kier alpha value is -3.15. The van der Waals surface area contributed by atoms with Crippen LogP contribution in [0.5, 0.6) is 0 Å². The minimum absolute atomic E-state index is 0.0895. The molecule has 26 heavy (non-hydrogen) atoms. The molecule has 1 atom stereocenters. The number of amides is 1. The normalized spacial score (nSPS) is 17.8. The van der Waals surface area contributed by atoms with Gasteiger partial charge in [-0.05, 0) is 49.2 Å². The zero-order chi connectivity index (χ0) is 17.5. The number of hydrogen-bond donors (Lipinski definition) is 1. The SMILES string of the molecule is O=C(c1ccc2[nH]ccc2c1)N1CCCC(c2nnc3ccccn23)C1. The molecule has 3 aromatic heterocycles. The number of hydrogen-bond acceptors (Lipinski definition) is 3. The van der Waals surface area contributed by atoms with Crippen molar-refractivity contribution in [2.24, 2.45) is 0 Å². The molecule has 1 unspecified atom stereocenters. The number of piperidine rings is 1. The minimum Gasteiger partial charge on any atom is -0.361 e. The van der Waals surface area contributed by atoms with E-state index in [4.69, 9.17) is 0 Å². The van der Waals surface area contributed by atoms with Gasteiger partial charge in [0.15, 0.2) is 5.65 Å². The summed E-state index contributed by atoms with van der Waals surface area (Å²) in [7, 11) is 0. The lowest BCUT2D eigenvalue weighted by Gasteiger charge is -2.32. The van der Waals surface area contributed by atoms with Gasteiger partial charge in [-0.25, -0.2) is 0 Å². The molecular weight excluding hydrogens is 326 g/mol. The number of likely N-dealkylation sites (tertiary alicyclic amines) is 1. The quantitative estimate of drug-likeness (QED) is 0.606. The van der Waals surface area contributed by atoms with Gasteiger partial charge in [0.25, 0.3) is 5.91 Å². The van der Waals surface area contributed by atoms with Crippen molar-refractivity contribution in [3.8, 4) is 0 Å². The number of carbonyl (C=O) groups excluding carboxylic acids is 1. The number of H-pyrrole nitrogens is 1. The van der Waals surface area contributed by atoms with Crippen LogP contribution in [0.2, 0.25) is 0 Å². The van der Waals surface area contributed by atoms with Crippen LogP contribution in [0, 0.1) is 0 Å². The average Bonchev–Trinajstić information content (AvgIpc) is 3.33. The van der Waals surface area contributed by atoms with E-state index in [1.54, 1.807) is 0 Å². The highest BCUT2D eigenvalue weighted by Crippen LogP contribution is 2.27. The maximum Gasteiger partial charge on any atom is 0.253 e. The van der Waals surface area contributed by atoms with E-state index in [1.165, 1.54) is 0 Å². The number of pyridine rings is 1. The van der Waals surface area contributed by atoms with Gasteiger partial charge in [0.2, 0.25) is 0 Å². The number of aromatic amines is 1. The van der Waals surface area contributed by atoms with Crippen LogP contribution < -0.4 is 0 Å². The Labute approximate surface area is 150 Å². The smallest absolute Gasteiger partial charge is 0.253 e. The van der Waals surface area contributed by atoms with E-state index >= 15 is 0 Å². The average molecular weight is 345 g/mol. The molecule has 4 heterocycles. The number of carbonyl (C=O) groups is 1. The number of rotatable bonds is 2. The molecule has 1 fully saturated rings. The predicted molar refractivity (Wildman–Crippen MR) is 99.2 cm³/mol. The number of benzene rings is 1. The van der Waals surface area contributed by atoms with Crippen LogP contribution in [-0.2, 0) is 0 Å². The van der Waals surface area contributed by atoms with Crippen molar-refractivity contribution in [1.29, 1.82) is 0 Å². The van der Waals surface area contributed by atoms with Crippen molar-refractivity contribution >= 4 is 22.5 Å². The summed E-state index contributed by atoms with van der Waals surface area (Å²) in [5.41, 5.74) is 2.64. The summed E-state index contributed by atoms with van der Waals surface area (Å²) in [6, 6.07) is 13.7. The van der Waals surface area contributed by atoms with E-state index in [2.05, 4.69) is 15.2 Å². The van der Waals surface area contributed by atoms with Gasteiger partial charge in [0.1, 0.15) is 5.82 Å².